The predicted octanol–water partition coefficient (Wildman–Crippen LogP) is 4.17. The summed E-state index contributed by atoms with van der Waals surface area (Å²) in [6.45, 7) is 5.12. The first-order valence-corrected chi connectivity index (χ1v) is 8.71. The van der Waals surface area contributed by atoms with Crippen LogP contribution in [0.1, 0.15) is 5.56 Å². The molecule has 0 atom stereocenters. The fourth-order valence-electron chi connectivity index (χ4n) is 2.98. The van der Waals surface area contributed by atoms with E-state index >= 15 is 0 Å². The van der Waals surface area contributed by atoms with E-state index < -0.39 is 0 Å². The summed E-state index contributed by atoms with van der Waals surface area (Å²) < 4.78 is 5.47. The van der Waals surface area contributed by atoms with E-state index in [-0.39, 0.29) is 0 Å². The highest BCUT2D eigenvalue weighted by Gasteiger charge is 2.17. The average Bonchev–Trinajstić information content (AvgIpc) is 2.65. The molecule has 0 bridgehead atoms. The Balaban J connectivity index is 1.77. The van der Waals surface area contributed by atoms with Crippen molar-refractivity contribution >= 4 is 40.0 Å². The van der Waals surface area contributed by atoms with Gasteiger partial charge < -0.3 is 15.0 Å². The molecule has 0 aliphatic carbocycles. The molecule has 0 radical (unpaired) electrons. The Bertz CT molecular complexity index is 909. The third-order valence-corrected chi connectivity index (χ3v) is 4.57. The molecule has 4 rings (SSSR count). The number of rotatable bonds is 3. The van der Waals surface area contributed by atoms with Crippen LogP contribution in [0.5, 0.6) is 0 Å². The van der Waals surface area contributed by atoms with Crippen LogP contribution < -0.4 is 10.2 Å². The van der Waals surface area contributed by atoms with Crippen molar-refractivity contribution in [3.8, 4) is 0 Å². The van der Waals surface area contributed by atoms with Crippen molar-refractivity contribution in [1.82, 2.24) is 9.97 Å². The van der Waals surface area contributed by atoms with Gasteiger partial charge in [-0.1, -0.05) is 29.8 Å². The van der Waals surface area contributed by atoms with E-state index in [1.807, 2.05) is 43.3 Å². The van der Waals surface area contributed by atoms with Crippen LogP contribution in [0.3, 0.4) is 0 Å². The van der Waals surface area contributed by atoms with E-state index in [2.05, 4.69) is 21.3 Å². The van der Waals surface area contributed by atoms with Gasteiger partial charge in [0.1, 0.15) is 5.82 Å². The van der Waals surface area contributed by atoms with E-state index in [4.69, 9.17) is 21.3 Å². The number of nitrogens with zero attached hydrogens (tertiary/aromatic N) is 3. The molecule has 1 N–H and O–H groups in total. The summed E-state index contributed by atoms with van der Waals surface area (Å²) in [6, 6.07) is 13.8. The van der Waals surface area contributed by atoms with Gasteiger partial charge in [-0.05, 0) is 36.8 Å². The number of nitrogens with one attached hydrogen (secondary N) is 1. The van der Waals surface area contributed by atoms with E-state index in [0.717, 1.165) is 41.1 Å². The maximum Gasteiger partial charge on any atom is 0.229 e. The van der Waals surface area contributed by atoms with Crippen LogP contribution in [0.4, 0.5) is 17.5 Å². The van der Waals surface area contributed by atoms with E-state index in [1.165, 1.54) is 0 Å². The minimum atomic E-state index is 0.575. The van der Waals surface area contributed by atoms with Crippen LogP contribution in [-0.2, 0) is 4.74 Å². The second kappa shape index (κ2) is 6.86. The lowest BCUT2D eigenvalue weighted by Crippen LogP contribution is -2.37. The second-order valence-corrected chi connectivity index (χ2v) is 6.51. The Kier molecular flexibility index (Phi) is 4.42. The first kappa shape index (κ1) is 16.1. The number of morpholine rings is 1. The third-order valence-electron chi connectivity index (χ3n) is 4.34. The number of para-hydroxylation sites is 1. The van der Waals surface area contributed by atoms with Crippen molar-refractivity contribution in [2.24, 2.45) is 0 Å². The standard InChI is InChI=1S/C19H19ClN4O/c1-13-6-7-14(20)12-17(13)22-19-21-16-5-3-2-4-15(16)18(23-19)24-8-10-25-11-9-24/h2-7,12H,8-11H2,1H3,(H,21,22,23). The zero-order valence-corrected chi connectivity index (χ0v) is 14.8. The maximum atomic E-state index is 6.13. The van der Waals surface area contributed by atoms with Gasteiger partial charge in [0.15, 0.2) is 0 Å². The largest absolute Gasteiger partial charge is 0.378 e. The van der Waals surface area contributed by atoms with Gasteiger partial charge in [-0.3, -0.25) is 0 Å². The Morgan fingerprint density at radius 1 is 1.08 bits per heavy atom. The summed E-state index contributed by atoms with van der Waals surface area (Å²) in [4.78, 5) is 11.7. The topological polar surface area (TPSA) is 50.3 Å². The van der Waals surface area contributed by atoms with Crippen LogP contribution in [0.25, 0.3) is 10.9 Å². The first-order chi connectivity index (χ1) is 12.2. The number of aromatic nitrogens is 2. The molecule has 3 aromatic rings. The smallest absolute Gasteiger partial charge is 0.229 e. The van der Waals surface area contributed by atoms with Crippen molar-refractivity contribution in [1.29, 1.82) is 0 Å². The highest BCUT2D eigenvalue weighted by atomic mass is 35.5. The zero-order valence-electron chi connectivity index (χ0n) is 14.0. The van der Waals surface area contributed by atoms with Crippen molar-refractivity contribution in [2.75, 3.05) is 36.5 Å². The molecule has 25 heavy (non-hydrogen) atoms. The molecule has 0 saturated carbocycles. The molecule has 5 nitrogen and oxygen atoms in total. The van der Waals surface area contributed by atoms with E-state index in [0.29, 0.717) is 24.2 Å². The number of anilines is 3. The van der Waals surface area contributed by atoms with Crippen molar-refractivity contribution in [3.05, 3.63) is 53.1 Å². The summed E-state index contributed by atoms with van der Waals surface area (Å²) in [5.74, 6) is 1.52. The molecule has 1 aliphatic heterocycles. The van der Waals surface area contributed by atoms with Crippen LogP contribution in [-0.4, -0.2) is 36.3 Å². The van der Waals surface area contributed by atoms with Crippen molar-refractivity contribution in [3.63, 3.8) is 0 Å². The fourth-order valence-corrected chi connectivity index (χ4v) is 3.15. The molecule has 1 fully saturated rings. The van der Waals surface area contributed by atoms with Gasteiger partial charge in [0.2, 0.25) is 5.95 Å². The van der Waals surface area contributed by atoms with Crippen LogP contribution in [0.2, 0.25) is 5.02 Å². The molecule has 2 heterocycles. The number of benzene rings is 2. The molecule has 6 heteroatoms. The van der Waals surface area contributed by atoms with Gasteiger partial charge in [0, 0.05) is 29.2 Å². The maximum absolute atomic E-state index is 6.13. The molecule has 1 aromatic heterocycles. The van der Waals surface area contributed by atoms with Crippen LogP contribution in [0.15, 0.2) is 42.5 Å². The number of hydrogen-bond acceptors (Lipinski definition) is 5. The Morgan fingerprint density at radius 3 is 2.72 bits per heavy atom. The van der Waals surface area contributed by atoms with Gasteiger partial charge in [-0.15, -0.1) is 0 Å². The minimum Gasteiger partial charge on any atom is -0.378 e. The molecule has 2 aromatic carbocycles. The molecule has 0 spiro atoms. The molecule has 128 valence electrons. The number of aryl methyl sites for hydroxylation is 1. The lowest BCUT2D eigenvalue weighted by molar-refractivity contribution is 0.122. The van der Waals surface area contributed by atoms with E-state index in [9.17, 15) is 0 Å². The fraction of sp³-hybridized carbons (Fsp3) is 0.263. The molecule has 1 saturated heterocycles. The Hall–Kier alpha value is -2.37. The third kappa shape index (κ3) is 3.38. The van der Waals surface area contributed by atoms with Gasteiger partial charge in [0.25, 0.3) is 0 Å². The Labute approximate surface area is 151 Å². The van der Waals surface area contributed by atoms with Gasteiger partial charge in [-0.25, -0.2) is 4.98 Å². The molecule has 0 unspecified atom stereocenters. The lowest BCUT2D eigenvalue weighted by Gasteiger charge is -2.29. The summed E-state index contributed by atoms with van der Waals surface area (Å²) >= 11 is 6.13. The average molecular weight is 355 g/mol. The van der Waals surface area contributed by atoms with Crippen LogP contribution in [0, 0.1) is 6.92 Å². The highest BCUT2D eigenvalue weighted by molar-refractivity contribution is 6.30. The number of fused-ring (bicyclic) bond motifs is 1. The summed E-state index contributed by atoms with van der Waals surface area (Å²) in [7, 11) is 0. The lowest BCUT2D eigenvalue weighted by atomic mass is 10.2. The van der Waals surface area contributed by atoms with E-state index in [1.54, 1.807) is 0 Å². The Morgan fingerprint density at radius 2 is 1.88 bits per heavy atom. The van der Waals surface area contributed by atoms with Gasteiger partial charge >= 0.3 is 0 Å². The molecular weight excluding hydrogens is 336 g/mol. The molecular formula is C19H19ClN4O. The van der Waals surface area contributed by atoms with Gasteiger partial charge in [-0.2, -0.15) is 4.98 Å². The predicted molar refractivity (Wildman–Crippen MR) is 102 cm³/mol. The highest BCUT2D eigenvalue weighted by Crippen LogP contribution is 2.28. The van der Waals surface area contributed by atoms with Crippen LogP contribution >= 0.6 is 11.6 Å². The minimum absolute atomic E-state index is 0.575. The van der Waals surface area contributed by atoms with Crippen molar-refractivity contribution in [2.45, 2.75) is 6.92 Å². The monoisotopic (exact) mass is 354 g/mol. The zero-order chi connectivity index (χ0) is 17.2. The number of ether oxygens (including phenoxy) is 1. The quantitative estimate of drug-likeness (QED) is 0.765. The second-order valence-electron chi connectivity index (χ2n) is 6.07. The summed E-state index contributed by atoms with van der Waals surface area (Å²) in [5, 5.41) is 5.06. The summed E-state index contributed by atoms with van der Waals surface area (Å²) in [6.07, 6.45) is 0. The summed E-state index contributed by atoms with van der Waals surface area (Å²) in [5.41, 5.74) is 2.92. The van der Waals surface area contributed by atoms with Crippen molar-refractivity contribution < 1.29 is 4.74 Å². The van der Waals surface area contributed by atoms with Gasteiger partial charge in [0.05, 0.1) is 18.7 Å². The first-order valence-electron chi connectivity index (χ1n) is 8.33. The molecule has 1 aliphatic rings. The number of halogens is 1. The molecule has 0 amide bonds. The normalized spacial score (nSPS) is 14.7. The SMILES string of the molecule is Cc1ccc(Cl)cc1Nc1nc(N2CCOCC2)c2ccccc2n1. The number of hydrogen-bond donors (Lipinski definition) is 1.